The molecule has 0 unspecified atom stereocenters. The molecule has 9 heteroatoms. The minimum atomic E-state index is -3.57. The fraction of sp³-hybridized carbons (Fsp3) is 0.300. The zero-order valence-corrected chi connectivity index (χ0v) is 11.1. The predicted octanol–water partition coefficient (Wildman–Crippen LogP) is -0.307. The second-order valence-electron chi connectivity index (χ2n) is 3.69. The summed E-state index contributed by atoms with van der Waals surface area (Å²) in [6.45, 7) is 0.779. The van der Waals surface area contributed by atoms with Crippen molar-refractivity contribution in [2.24, 2.45) is 0 Å². The van der Waals surface area contributed by atoms with Crippen molar-refractivity contribution in [1.29, 1.82) is 0 Å². The smallest absolute Gasteiger partial charge is 0.243 e. The van der Waals surface area contributed by atoms with E-state index in [2.05, 4.69) is 25.0 Å². The Labute approximate surface area is 111 Å². The molecule has 19 heavy (non-hydrogen) atoms. The van der Waals surface area contributed by atoms with Crippen molar-refractivity contribution in [2.75, 3.05) is 18.9 Å². The highest BCUT2D eigenvalue weighted by Gasteiger charge is 2.14. The van der Waals surface area contributed by atoms with E-state index >= 15 is 0 Å². The molecule has 2 N–H and O–H groups in total. The predicted molar refractivity (Wildman–Crippen MR) is 69.0 cm³/mol. The normalized spacial score (nSPS) is 11.4. The van der Waals surface area contributed by atoms with E-state index in [0.717, 1.165) is 0 Å². The van der Waals surface area contributed by atoms with Crippen molar-refractivity contribution >= 4 is 16.0 Å². The van der Waals surface area contributed by atoms with E-state index in [-0.39, 0.29) is 11.4 Å². The van der Waals surface area contributed by atoms with E-state index < -0.39 is 10.0 Å². The summed E-state index contributed by atoms with van der Waals surface area (Å²) in [6, 6.07) is 0. The minimum absolute atomic E-state index is 0.0390. The summed E-state index contributed by atoms with van der Waals surface area (Å²) in [6.07, 6.45) is 7.55. The van der Waals surface area contributed by atoms with Gasteiger partial charge in [-0.1, -0.05) is 0 Å². The monoisotopic (exact) mass is 282 g/mol. The van der Waals surface area contributed by atoms with Crippen molar-refractivity contribution < 1.29 is 8.42 Å². The Bertz CT molecular complexity index is 608. The van der Waals surface area contributed by atoms with Crippen LogP contribution in [0.2, 0.25) is 0 Å². The second-order valence-corrected chi connectivity index (χ2v) is 5.46. The third-order valence-corrected chi connectivity index (χ3v) is 3.80. The molecule has 0 aromatic carbocycles. The molecular formula is C10H14N6O2S. The van der Waals surface area contributed by atoms with Crippen molar-refractivity contribution in [2.45, 2.75) is 11.4 Å². The van der Waals surface area contributed by atoms with E-state index in [9.17, 15) is 8.42 Å². The maximum atomic E-state index is 11.9. The van der Waals surface area contributed by atoms with E-state index in [0.29, 0.717) is 12.5 Å². The first-order valence-corrected chi connectivity index (χ1v) is 7.05. The zero-order chi connectivity index (χ0) is 13.7. The summed E-state index contributed by atoms with van der Waals surface area (Å²) < 4.78 is 28.1. The molecule has 0 fully saturated rings. The van der Waals surface area contributed by atoms with Gasteiger partial charge in [0.15, 0.2) is 0 Å². The van der Waals surface area contributed by atoms with Gasteiger partial charge in [-0.2, -0.15) is 0 Å². The third-order valence-electron chi connectivity index (χ3n) is 2.38. The summed E-state index contributed by atoms with van der Waals surface area (Å²) >= 11 is 0. The first kappa shape index (κ1) is 13.4. The molecule has 0 saturated heterocycles. The molecule has 0 aliphatic carbocycles. The molecule has 0 bridgehead atoms. The zero-order valence-electron chi connectivity index (χ0n) is 10.3. The lowest BCUT2D eigenvalue weighted by Crippen LogP contribution is -2.27. The molecule has 8 nitrogen and oxygen atoms in total. The van der Waals surface area contributed by atoms with E-state index in [1.807, 2.05) is 0 Å². The van der Waals surface area contributed by atoms with Crippen LogP contribution < -0.4 is 10.0 Å². The number of hydrogen-bond acceptors (Lipinski definition) is 6. The Hall–Kier alpha value is -2.00. The number of anilines is 1. The highest BCUT2D eigenvalue weighted by molar-refractivity contribution is 7.89. The van der Waals surface area contributed by atoms with Crippen LogP contribution in [0.5, 0.6) is 0 Å². The van der Waals surface area contributed by atoms with E-state index in [1.54, 1.807) is 30.3 Å². The summed E-state index contributed by atoms with van der Waals surface area (Å²) in [5.74, 6) is 0.373. The number of aromatic nitrogens is 4. The van der Waals surface area contributed by atoms with Crippen LogP contribution >= 0.6 is 0 Å². The number of imidazole rings is 1. The summed E-state index contributed by atoms with van der Waals surface area (Å²) in [7, 11) is -1.92. The van der Waals surface area contributed by atoms with Crippen LogP contribution in [0.25, 0.3) is 0 Å². The maximum absolute atomic E-state index is 11.9. The Kier molecular flexibility index (Phi) is 4.07. The van der Waals surface area contributed by atoms with Crippen LogP contribution in [-0.2, 0) is 16.6 Å². The number of hydrogen-bond donors (Lipinski definition) is 2. The molecule has 102 valence electrons. The molecule has 2 rings (SSSR count). The SMILES string of the molecule is CNc1ncc(S(=O)(=O)NCCn2ccnc2)cn1. The van der Waals surface area contributed by atoms with Gasteiger partial charge in [-0.05, 0) is 0 Å². The molecule has 0 amide bonds. The number of sulfonamides is 1. The molecule has 2 aromatic heterocycles. The molecule has 2 aromatic rings. The van der Waals surface area contributed by atoms with Gasteiger partial charge in [-0.3, -0.25) is 0 Å². The van der Waals surface area contributed by atoms with Crippen LogP contribution in [0.1, 0.15) is 0 Å². The Morgan fingerprint density at radius 2 is 2.05 bits per heavy atom. The molecular weight excluding hydrogens is 268 g/mol. The lowest BCUT2D eigenvalue weighted by Gasteiger charge is -2.07. The van der Waals surface area contributed by atoms with Crippen LogP contribution in [-0.4, -0.2) is 41.5 Å². The molecule has 0 saturated carbocycles. The van der Waals surface area contributed by atoms with Gasteiger partial charge in [-0.25, -0.2) is 28.1 Å². The topological polar surface area (TPSA) is 102 Å². The van der Waals surface area contributed by atoms with Gasteiger partial charge >= 0.3 is 0 Å². The van der Waals surface area contributed by atoms with Crippen LogP contribution in [0.4, 0.5) is 5.95 Å². The van der Waals surface area contributed by atoms with Gasteiger partial charge in [0.2, 0.25) is 16.0 Å². The lowest BCUT2D eigenvalue weighted by atomic mass is 10.6. The quantitative estimate of drug-likeness (QED) is 0.754. The summed E-state index contributed by atoms with van der Waals surface area (Å²) in [4.78, 5) is 11.6. The van der Waals surface area contributed by atoms with Gasteiger partial charge in [0.05, 0.1) is 18.7 Å². The lowest BCUT2D eigenvalue weighted by molar-refractivity contribution is 0.572. The van der Waals surface area contributed by atoms with Gasteiger partial charge in [0.1, 0.15) is 4.90 Å². The van der Waals surface area contributed by atoms with Crippen LogP contribution in [0.3, 0.4) is 0 Å². The van der Waals surface area contributed by atoms with Crippen molar-refractivity contribution in [3.8, 4) is 0 Å². The molecule has 2 heterocycles. The van der Waals surface area contributed by atoms with Crippen LogP contribution in [0.15, 0.2) is 36.0 Å². The Morgan fingerprint density at radius 1 is 1.32 bits per heavy atom. The highest BCUT2D eigenvalue weighted by Crippen LogP contribution is 2.06. The van der Waals surface area contributed by atoms with Crippen molar-refractivity contribution in [3.05, 3.63) is 31.1 Å². The highest BCUT2D eigenvalue weighted by atomic mass is 32.2. The number of rotatable bonds is 6. The number of nitrogens with zero attached hydrogens (tertiary/aromatic N) is 4. The largest absolute Gasteiger partial charge is 0.357 e. The molecule has 0 spiro atoms. The average molecular weight is 282 g/mol. The summed E-state index contributed by atoms with van der Waals surface area (Å²) in [5, 5.41) is 2.72. The summed E-state index contributed by atoms with van der Waals surface area (Å²) in [5.41, 5.74) is 0. The first-order valence-electron chi connectivity index (χ1n) is 5.57. The molecule has 0 aliphatic rings. The standard InChI is InChI=1S/C10H14N6O2S/c1-11-10-13-6-9(7-14-10)19(17,18)15-3-5-16-4-2-12-8-16/h2,4,6-8,15H,3,5H2,1H3,(H,11,13,14). The van der Waals surface area contributed by atoms with E-state index in [1.165, 1.54) is 12.4 Å². The fourth-order valence-electron chi connectivity index (χ4n) is 1.40. The molecule has 0 atom stereocenters. The minimum Gasteiger partial charge on any atom is -0.357 e. The van der Waals surface area contributed by atoms with Gasteiger partial charge in [-0.15, -0.1) is 0 Å². The van der Waals surface area contributed by atoms with Gasteiger partial charge in [0.25, 0.3) is 0 Å². The van der Waals surface area contributed by atoms with Crippen molar-refractivity contribution in [1.82, 2.24) is 24.2 Å². The molecule has 0 aliphatic heterocycles. The fourth-order valence-corrected chi connectivity index (χ4v) is 2.31. The van der Waals surface area contributed by atoms with Crippen molar-refractivity contribution in [3.63, 3.8) is 0 Å². The maximum Gasteiger partial charge on any atom is 0.243 e. The third kappa shape index (κ3) is 3.48. The first-order chi connectivity index (χ1) is 9.12. The van der Waals surface area contributed by atoms with Gasteiger partial charge in [0, 0.05) is 32.5 Å². The Morgan fingerprint density at radius 3 is 2.63 bits per heavy atom. The number of nitrogens with one attached hydrogen (secondary N) is 2. The Balaban J connectivity index is 1.97. The second kappa shape index (κ2) is 5.76. The molecule has 0 radical (unpaired) electrons. The van der Waals surface area contributed by atoms with E-state index in [4.69, 9.17) is 0 Å². The van der Waals surface area contributed by atoms with Gasteiger partial charge < -0.3 is 9.88 Å². The average Bonchev–Trinajstić information content (AvgIpc) is 2.92. The van der Waals surface area contributed by atoms with Crippen LogP contribution in [0, 0.1) is 0 Å².